The standard InChI is InChI=1S/C15H22N2O5/c1-3-12-11(19)7-13(22-12)17-8-10(6-4-5-9(2)18)14(20)16-15(17)21/h8,11-13,19H,3-7H2,1-2H3,(H,16,20,21). The highest BCUT2D eigenvalue weighted by Crippen LogP contribution is 2.29. The van der Waals surface area contributed by atoms with Crippen molar-refractivity contribution >= 4 is 5.78 Å². The van der Waals surface area contributed by atoms with E-state index in [1.165, 1.54) is 17.7 Å². The third-order valence-corrected chi connectivity index (χ3v) is 3.93. The summed E-state index contributed by atoms with van der Waals surface area (Å²) < 4.78 is 6.99. The number of ketones is 1. The molecule has 0 radical (unpaired) electrons. The summed E-state index contributed by atoms with van der Waals surface area (Å²) in [6.45, 7) is 3.41. The van der Waals surface area contributed by atoms with Crippen LogP contribution in [0.1, 0.15) is 51.3 Å². The van der Waals surface area contributed by atoms with Gasteiger partial charge in [0.25, 0.3) is 5.56 Å². The average Bonchev–Trinajstić information content (AvgIpc) is 2.81. The molecule has 1 aromatic rings. The van der Waals surface area contributed by atoms with E-state index in [-0.39, 0.29) is 11.9 Å². The predicted octanol–water partition coefficient (Wildman–Crippen LogP) is 0.507. The Morgan fingerprint density at radius 1 is 1.50 bits per heavy atom. The molecule has 1 aliphatic rings. The zero-order valence-electron chi connectivity index (χ0n) is 12.9. The molecule has 1 fully saturated rings. The smallest absolute Gasteiger partial charge is 0.330 e. The van der Waals surface area contributed by atoms with Crippen molar-refractivity contribution in [3.8, 4) is 0 Å². The number of rotatable bonds is 6. The highest BCUT2D eigenvalue weighted by atomic mass is 16.5. The summed E-state index contributed by atoms with van der Waals surface area (Å²) in [6, 6.07) is 0. The van der Waals surface area contributed by atoms with Crippen molar-refractivity contribution in [1.82, 2.24) is 9.55 Å². The lowest BCUT2D eigenvalue weighted by Gasteiger charge is -2.15. The number of aromatic nitrogens is 2. The Bertz CT molecular complexity index is 648. The average molecular weight is 310 g/mol. The van der Waals surface area contributed by atoms with E-state index in [1.807, 2.05) is 6.92 Å². The molecule has 0 spiro atoms. The third kappa shape index (κ3) is 3.72. The van der Waals surface area contributed by atoms with Crippen molar-refractivity contribution < 1.29 is 14.6 Å². The lowest BCUT2D eigenvalue weighted by molar-refractivity contribution is -0.117. The lowest BCUT2D eigenvalue weighted by atomic mass is 10.1. The van der Waals surface area contributed by atoms with Gasteiger partial charge in [-0.05, 0) is 26.2 Å². The van der Waals surface area contributed by atoms with E-state index in [0.29, 0.717) is 37.7 Å². The Labute approximate surface area is 127 Å². The van der Waals surface area contributed by atoms with Gasteiger partial charge >= 0.3 is 5.69 Å². The number of carbonyl (C=O) groups excluding carboxylic acids is 1. The van der Waals surface area contributed by atoms with Crippen LogP contribution in [0.25, 0.3) is 0 Å². The molecule has 3 atom stereocenters. The molecule has 1 aromatic heterocycles. The van der Waals surface area contributed by atoms with Gasteiger partial charge in [0, 0.05) is 24.6 Å². The summed E-state index contributed by atoms with van der Waals surface area (Å²) in [6.07, 6.45) is 2.34. The van der Waals surface area contributed by atoms with Crippen LogP contribution < -0.4 is 11.2 Å². The summed E-state index contributed by atoms with van der Waals surface area (Å²) >= 11 is 0. The largest absolute Gasteiger partial charge is 0.390 e. The second kappa shape index (κ2) is 7.02. The zero-order chi connectivity index (χ0) is 16.3. The highest BCUT2D eigenvalue weighted by Gasteiger charge is 2.34. The van der Waals surface area contributed by atoms with E-state index in [4.69, 9.17) is 4.74 Å². The van der Waals surface area contributed by atoms with E-state index in [0.717, 1.165) is 0 Å². The molecule has 0 aliphatic carbocycles. The van der Waals surface area contributed by atoms with E-state index >= 15 is 0 Å². The van der Waals surface area contributed by atoms with Crippen LogP contribution in [0.4, 0.5) is 0 Å². The molecule has 0 aromatic carbocycles. The molecule has 122 valence electrons. The van der Waals surface area contributed by atoms with Crippen molar-refractivity contribution in [2.45, 2.75) is 64.4 Å². The normalized spacial score (nSPS) is 24.6. The first kappa shape index (κ1) is 16.6. The maximum atomic E-state index is 12.0. The van der Waals surface area contributed by atoms with E-state index in [1.54, 1.807) is 0 Å². The first-order valence-corrected chi connectivity index (χ1v) is 7.59. The maximum absolute atomic E-state index is 12.0. The van der Waals surface area contributed by atoms with Crippen molar-refractivity contribution in [3.05, 3.63) is 32.6 Å². The van der Waals surface area contributed by atoms with Crippen molar-refractivity contribution in [2.75, 3.05) is 0 Å². The van der Waals surface area contributed by atoms with Gasteiger partial charge in [-0.15, -0.1) is 0 Å². The van der Waals surface area contributed by atoms with Gasteiger partial charge in [0.1, 0.15) is 12.0 Å². The third-order valence-electron chi connectivity index (χ3n) is 3.93. The summed E-state index contributed by atoms with van der Waals surface area (Å²) in [4.78, 5) is 37.0. The van der Waals surface area contributed by atoms with Crippen LogP contribution in [0.3, 0.4) is 0 Å². The zero-order valence-corrected chi connectivity index (χ0v) is 12.9. The quantitative estimate of drug-likeness (QED) is 0.797. The summed E-state index contributed by atoms with van der Waals surface area (Å²) in [5, 5.41) is 9.89. The van der Waals surface area contributed by atoms with Crippen LogP contribution in [-0.2, 0) is 16.0 Å². The molecular weight excluding hydrogens is 288 g/mol. The first-order valence-electron chi connectivity index (χ1n) is 7.59. The molecule has 2 N–H and O–H groups in total. The number of ether oxygens (including phenoxy) is 1. The number of aryl methyl sites for hydroxylation is 1. The Morgan fingerprint density at radius 3 is 2.82 bits per heavy atom. The minimum atomic E-state index is -0.616. The molecular formula is C15H22N2O5. The number of hydrogen-bond acceptors (Lipinski definition) is 5. The fourth-order valence-corrected chi connectivity index (χ4v) is 2.70. The monoisotopic (exact) mass is 310 g/mol. The summed E-state index contributed by atoms with van der Waals surface area (Å²) in [7, 11) is 0. The van der Waals surface area contributed by atoms with Crippen LogP contribution in [0.15, 0.2) is 15.8 Å². The molecule has 0 bridgehead atoms. The van der Waals surface area contributed by atoms with Crippen LogP contribution in [0.2, 0.25) is 0 Å². The highest BCUT2D eigenvalue weighted by molar-refractivity contribution is 5.75. The molecule has 0 amide bonds. The number of carbonyl (C=O) groups is 1. The Hall–Kier alpha value is -1.73. The fraction of sp³-hybridized carbons (Fsp3) is 0.667. The molecule has 7 nitrogen and oxygen atoms in total. The van der Waals surface area contributed by atoms with Gasteiger partial charge in [-0.2, -0.15) is 0 Å². The number of aliphatic hydroxyl groups excluding tert-OH is 1. The van der Waals surface area contributed by atoms with Gasteiger partial charge in [-0.3, -0.25) is 14.3 Å². The van der Waals surface area contributed by atoms with E-state index in [9.17, 15) is 19.5 Å². The number of aromatic amines is 1. The number of aliphatic hydroxyl groups is 1. The van der Waals surface area contributed by atoms with Gasteiger partial charge in [-0.1, -0.05) is 6.92 Å². The Kier molecular flexibility index (Phi) is 5.31. The van der Waals surface area contributed by atoms with Crippen molar-refractivity contribution in [3.63, 3.8) is 0 Å². The number of nitrogens with zero attached hydrogens (tertiary/aromatic N) is 1. The van der Waals surface area contributed by atoms with Crippen LogP contribution in [0.5, 0.6) is 0 Å². The van der Waals surface area contributed by atoms with Gasteiger partial charge in [-0.25, -0.2) is 4.79 Å². The van der Waals surface area contributed by atoms with Crippen molar-refractivity contribution in [1.29, 1.82) is 0 Å². The molecule has 1 aliphatic heterocycles. The number of hydrogen-bond donors (Lipinski definition) is 2. The first-order chi connectivity index (χ1) is 10.4. The molecule has 22 heavy (non-hydrogen) atoms. The van der Waals surface area contributed by atoms with Gasteiger partial charge in [0.15, 0.2) is 0 Å². The van der Waals surface area contributed by atoms with Crippen molar-refractivity contribution in [2.24, 2.45) is 0 Å². The molecule has 2 rings (SSSR count). The lowest BCUT2D eigenvalue weighted by Crippen LogP contribution is -2.34. The van der Waals surface area contributed by atoms with Gasteiger partial charge in [0.2, 0.25) is 0 Å². The molecule has 2 heterocycles. The van der Waals surface area contributed by atoms with Crippen LogP contribution in [-0.4, -0.2) is 32.6 Å². The molecule has 7 heteroatoms. The second-order valence-electron chi connectivity index (χ2n) is 5.72. The van der Waals surface area contributed by atoms with Crippen LogP contribution in [0, 0.1) is 0 Å². The predicted molar refractivity (Wildman–Crippen MR) is 79.8 cm³/mol. The van der Waals surface area contributed by atoms with E-state index < -0.39 is 23.6 Å². The number of nitrogens with one attached hydrogen (secondary N) is 1. The van der Waals surface area contributed by atoms with Gasteiger partial charge in [0.05, 0.1) is 12.2 Å². The molecule has 0 saturated carbocycles. The Balaban J connectivity index is 2.20. The summed E-state index contributed by atoms with van der Waals surface area (Å²) in [5.74, 6) is 0.0674. The minimum absolute atomic E-state index is 0.0674. The summed E-state index contributed by atoms with van der Waals surface area (Å²) in [5.41, 5.74) is -0.538. The number of Topliss-reactive ketones (excluding diaryl/α,β-unsaturated/α-hetero) is 1. The maximum Gasteiger partial charge on any atom is 0.330 e. The minimum Gasteiger partial charge on any atom is -0.390 e. The SMILES string of the molecule is CCC1OC(n2cc(CCCC(C)=O)c(=O)[nH]c2=O)CC1O. The Morgan fingerprint density at radius 2 is 2.23 bits per heavy atom. The topological polar surface area (TPSA) is 101 Å². The van der Waals surface area contributed by atoms with Crippen LogP contribution >= 0.6 is 0 Å². The van der Waals surface area contributed by atoms with E-state index in [2.05, 4.69) is 4.98 Å². The fourth-order valence-electron chi connectivity index (χ4n) is 2.70. The number of H-pyrrole nitrogens is 1. The van der Waals surface area contributed by atoms with Gasteiger partial charge < -0.3 is 14.6 Å². The molecule has 1 saturated heterocycles. The molecule has 3 unspecified atom stereocenters. The second-order valence-corrected chi connectivity index (χ2v) is 5.72.